The monoisotopic (exact) mass is 836 g/mol. The predicted octanol–water partition coefficient (Wildman–Crippen LogP) is 18.5. The largest absolute Gasteiger partial charge is 0.0622 e. The molecule has 308 valence electrons. The minimum absolute atomic E-state index is 1.17. The van der Waals surface area contributed by atoms with Crippen LogP contribution in [0, 0.1) is 0 Å². The Morgan fingerprint density at radius 3 is 0.970 bits per heavy atom. The molecular formula is C66H44. The lowest BCUT2D eigenvalue weighted by Crippen LogP contribution is -1.93. The van der Waals surface area contributed by atoms with Crippen molar-refractivity contribution in [2.24, 2.45) is 0 Å². The lowest BCUT2D eigenvalue weighted by atomic mass is 9.84. The number of benzene rings is 12. The van der Waals surface area contributed by atoms with Gasteiger partial charge in [-0.2, -0.15) is 0 Å². The summed E-state index contributed by atoms with van der Waals surface area (Å²) in [6.45, 7) is 0. The first kappa shape index (κ1) is 39.0. The summed E-state index contributed by atoms with van der Waals surface area (Å²) in [7, 11) is 0. The minimum Gasteiger partial charge on any atom is -0.0622 e. The fourth-order valence-corrected chi connectivity index (χ4v) is 10.1. The van der Waals surface area contributed by atoms with Gasteiger partial charge in [-0.1, -0.05) is 231 Å². The molecule has 0 spiro atoms. The zero-order chi connectivity index (χ0) is 43.8. The molecule has 0 heteroatoms. The van der Waals surface area contributed by atoms with Crippen molar-refractivity contribution in [2.45, 2.75) is 0 Å². The molecule has 0 fully saturated rings. The Morgan fingerprint density at radius 2 is 0.485 bits per heavy atom. The van der Waals surface area contributed by atoms with Gasteiger partial charge in [-0.3, -0.25) is 0 Å². The van der Waals surface area contributed by atoms with E-state index in [1.807, 2.05) is 0 Å². The molecule has 0 amide bonds. The molecule has 0 aliphatic carbocycles. The highest BCUT2D eigenvalue weighted by atomic mass is 14.2. The van der Waals surface area contributed by atoms with Crippen LogP contribution in [0.2, 0.25) is 0 Å². The topological polar surface area (TPSA) is 0 Å². The maximum atomic E-state index is 2.42. The lowest BCUT2D eigenvalue weighted by molar-refractivity contribution is 1.55. The Morgan fingerprint density at radius 1 is 0.152 bits per heavy atom. The quantitative estimate of drug-likeness (QED) is 0.134. The number of rotatable bonds is 8. The van der Waals surface area contributed by atoms with Gasteiger partial charge in [-0.15, -0.1) is 0 Å². The number of hydrogen-bond acceptors (Lipinski definition) is 0. The molecule has 0 saturated heterocycles. The summed E-state index contributed by atoms with van der Waals surface area (Å²) in [5.74, 6) is 0. The van der Waals surface area contributed by atoms with Gasteiger partial charge in [0.05, 0.1) is 0 Å². The predicted molar refractivity (Wildman–Crippen MR) is 282 cm³/mol. The molecule has 0 radical (unpaired) electrons. The fourth-order valence-electron chi connectivity index (χ4n) is 10.1. The van der Waals surface area contributed by atoms with Crippen LogP contribution >= 0.6 is 0 Å². The zero-order valence-electron chi connectivity index (χ0n) is 36.4. The van der Waals surface area contributed by atoms with Gasteiger partial charge in [-0.05, 0) is 158 Å². The molecule has 0 N–H and O–H groups in total. The van der Waals surface area contributed by atoms with E-state index in [0.717, 1.165) is 0 Å². The Balaban J connectivity index is 1.09. The molecule has 0 saturated carbocycles. The normalized spacial score (nSPS) is 11.3. The summed E-state index contributed by atoms with van der Waals surface area (Å²) < 4.78 is 0. The smallest absolute Gasteiger partial charge is 0.00259 e. The third kappa shape index (κ3) is 7.16. The van der Waals surface area contributed by atoms with Crippen molar-refractivity contribution in [1.82, 2.24) is 0 Å². The average Bonchev–Trinajstić information content (AvgIpc) is 3.40. The van der Waals surface area contributed by atoms with E-state index in [4.69, 9.17) is 0 Å². The molecule has 0 aliphatic rings. The molecule has 12 aromatic rings. The highest BCUT2D eigenvalue weighted by Crippen LogP contribution is 2.46. The Hall–Kier alpha value is -8.58. The van der Waals surface area contributed by atoms with Gasteiger partial charge in [0.2, 0.25) is 0 Å². The SMILES string of the molecule is c1ccc(-c2ccccc2-c2cccc(-c3cc(-c4cccc(-c5ccccc5-c5ccccc5)c4)cc(-c4c5ccccc5c(-c5ccc6ccccc6c5)c5ccccc45)c3)c2)cc1. The average molecular weight is 837 g/mol. The first-order valence-corrected chi connectivity index (χ1v) is 22.8. The molecule has 12 rings (SSSR count). The molecule has 0 atom stereocenters. The van der Waals surface area contributed by atoms with Gasteiger partial charge in [-0.25, -0.2) is 0 Å². The Kier molecular flexibility index (Phi) is 9.97. The van der Waals surface area contributed by atoms with Crippen LogP contribution in [0.3, 0.4) is 0 Å². The second kappa shape index (κ2) is 16.8. The van der Waals surface area contributed by atoms with Crippen molar-refractivity contribution in [3.05, 3.63) is 267 Å². The van der Waals surface area contributed by atoms with Crippen LogP contribution in [-0.4, -0.2) is 0 Å². The molecule has 0 nitrogen and oxygen atoms in total. The maximum absolute atomic E-state index is 2.42. The summed E-state index contributed by atoms with van der Waals surface area (Å²) in [6, 6.07) is 97.9. The first-order chi connectivity index (χ1) is 32.7. The third-order valence-electron chi connectivity index (χ3n) is 13.2. The standard InChI is InChI=1S/C66H44/c1-3-20-46(21-4-1)57-29-9-11-31-59(57)51-27-17-25-49(39-51)54-42-55(50-26-18-28-52(40-50)60-32-12-10-30-58(60)47-22-5-2-6-23-47)44-56(43-54)66-63-35-15-13-33-61(63)65(62-34-14-16-36-64(62)66)53-38-37-45-19-7-8-24-48(45)41-53/h1-44H. The van der Waals surface area contributed by atoms with Gasteiger partial charge < -0.3 is 0 Å². The van der Waals surface area contributed by atoms with Crippen LogP contribution in [0.4, 0.5) is 0 Å². The second-order valence-corrected chi connectivity index (χ2v) is 17.2. The Bertz CT molecular complexity index is 3540. The molecular weight excluding hydrogens is 793 g/mol. The van der Waals surface area contributed by atoms with Gasteiger partial charge >= 0.3 is 0 Å². The summed E-state index contributed by atoms with van der Waals surface area (Å²) in [5.41, 5.74) is 19.3. The Labute approximate surface area is 386 Å². The summed E-state index contributed by atoms with van der Waals surface area (Å²) in [6.07, 6.45) is 0. The summed E-state index contributed by atoms with van der Waals surface area (Å²) >= 11 is 0. The molecule has 0 aliphatic heterocycles. The summed E-state index contributed by atoms with van der Waals surface area (Å²) in [5, 5.41) is 7.44. The van der Waals surface area contributed by atoms with Gasteiger partial charge in [0.25, 0.3) is 0 Å². The van der Waals surface area contributed by atoms with Crippen LogP contribution in [-0.2, 0) is 0 Å². The molecule has 0 heterocycles. The number of fused-ring (bicyclic) bond motifs is 3. The van der Waals surface area contributed by atoms with Crippen LogP contribution in [0.25, 0.3) is 121 Å². The van der Waals surface area contributed by atoms with E-state index in [0.29, 0.717) is 0 Å². The minimum atomic E-state index is 1.17. The highest BCUT2D eigenvalue weighted by molar-refractivity contribution is 6.22. The molecule has 0 aromatic heterocycles. The van der Waals surface area contributed by atoms with E-state index < -0.39 is 0 Å². The van der Waals surface area contributed by atoms with E-state index >= 15 is 0 Å². The molecule has 0 bridgehead atoms. The van der Waals surface area contributed by atoms with Crippen molar-refractivity contribution in [2.75, 3.05) is 0 Å². The third-order valence-corrected chi connectivity index (χ3v) is 13.2. The molecule has 0 unspecified atom stereocenters. The van der Waals surface area contributed by atoms with Crippen LogP contribution in [0.1, 0.15) is 0 Å². The first-order valence-electron chi connectivity index (χ1n) is 22.8. The maximum Gasteiger partial charge on any atom is -0.00259 e. The zero-order valence-corrected chi connectivity index (χ0v) is 36.4. The van der Waals surface area contributed by atoms with E-state index in [-0.39, 0.29) is 0 Å². The second-order valence-electron chi connectivity index (χ2n) is 17.2. The molecule has 12 aromatic carbocycles. The number of hydrogen-bond donors (Lipinski definition) is 0. The van der Waals surface area contributed by atoms with Crippen molar-refractivity contribution >= 4 is 32.3 Å². The van der Waals surface area contributed by atoms with Crippen LogP contribution in [0.15, 0.2) is 267 Å². The van der Waals surface area contributed by atoms with E-state index in [1.54, 1.807) is 0 Å². The van der Waals surface area contributed by atoms with Gasteiger partial charge in [0.1, 0.15) is 0 Å². The van der Waals surface area contributed by atoms with Crippen LogP contribution in [0.5, 0.6) is 0 Å². The van der Waals surface area contributed by atoms with Crippen LogP contribution < -0.4 is 0 Å². The van der Waals surface area contributed by atoms with E-state index in [2.05, 4.69) is 267 Å². The summed E-state index contributed by atoms with van der Waals surface area (Å²) in [4.78, 5) is 0. The lowest BCUT2D eigenvalue weighted by Gasteiger charge is -2.20. The van der Waals surface area contributed by atoms with Gasteiger partial charge in [0, 0.05) is 0 Å². The van der Waals surface area contributed by atoms with Crippen molar-refractivity contribution in [3.63, 3.8) is 0 Å². The van der Waals surface area contributed by atoms with Crippen molar-refractivity contribution in [3.8, 4) is 89.0 Å². The van der Waals surface area contributed by atoms with Gasteiger partial charge in [0.15, 0.2) is 0 Å². The van der Waals surface area contributed by atoms with E-state index in [1.165, 1.54) is 121 Å². The highest BCUT2D eigenvalue weighted by Gasteiger charge is 2.19. The van der Waals surface area contributed by atoms with Crippen molar-refractivity contribution < 1.29 is 0 Å². The fraction of sp³-hybridized carbons (Fsp3) is 0. The molecule has 66 heavy (non-hydrogen) atoms. The van der Waals surface area contributed by atoms with E-state index in [9.17, 15) is 0 Å². The van der Waals surface area contributed by atoms with Crippen molar-refractivity contribution in [1.29, 1.82) is 0 Å².